The van der Waals surface area contributed by atoms with Crippen LogP contribution in [0.3, 0.4) is 0 Å². The van der Waals surface area contributed by atoms with Crippen molar-refractivity contribution in [1.29, 1.82) is 0 Å². The summed E-state index contributed by atoms with van der Waals surface area (Å²) in [6, 6.07) is 59.3. The quantitative estimate of drug-likeness (QED) is 0.0855. The van der Waals surface area contributed by atoms with Crippen molar-refractivity contribution in [2.75, 3.05) is 40.5 Å². The van der Waals surface area contributed by atoms with Crippen LogP contribution in [0.15, 0.2) is 170 Å². The Morgan fingerprint density at radius 1 is 0.528 bits per heavy atom. The summed E-state index contributed by atoms with van der Waals surface area (Å²) in [4.78, 5) is 23.4. The Morgan fingerprint density at radius 3 is 1.67 bits per heavy atom. The Kier molecular flexibility index (Phi) is 14.5. The molecule has 0 spiro atoms. The zero-order chi connectivity index (χ0) is 49.6. The Bertz CT molecular complexity index is 3190. The Morgan fingerprint density at radius 2 is 1.03 bits per heavy atom. The van der Waals surface area contributed by atoms with Gasteiger partial charge in [0, 0.05) is 48.1 Å². The maximum atomic E-state index is 11.8. The Balaban J connectivity index is 0.882. The molecule has 366 valence electrons. The highest BCUT2D eigenvalue weighted by Crippen LogP contribution is 2.45. The van der Waals surface area contributed by atoms with Crippen molar-refractivity contribution in [2.24, 2.45) is 0 Å². The highest BCUT2D eigenvalue weighted by atomic mass is 16.6. The zero-order valence-electron chi connectivity index (χ0n) is 41.1. The van der Waals surface area contributed by atoms with Gasteiger partial charge in [0.1, 0.15) is 35.2 Å². The SMILES string of the molecule is COC(=O)COc1ccc([C@H]2C[C@@H](CN[C@H](C)c3cccc4c(-c5ccc6c(c5)O[C@H](CN[C@H](C)c5cccc7ccccc57)C[C@H]6c5ccc(OCC(=O)OC)cc5)cccc34)Oc3ccccc32)cc1. The number of ether oxygens (including phenoxy) is 6. The van der Waals surface area contributed by atoms with Crippen molar-refractivity contribution >= 4 is 33.5 Å². The Hall–Kier alpha value is -7.66. The number of methoxy groups -OCH3 is 2. The molecule has 0 aliphatic carbocycles. The van der Waals surface area contributed by atoms with E-state index in [2.05, 4.69) is 164 Å². The van der Waals surface area contributed by atoms with E-state index in [-0.39, 0.29) is 49.3 Å². The van der Waals surface area contributed by atoms with Crippen molar-refractivity contribution in [3.63, 3.8) is 0 Å². The molecule has 72 heavy (non-hydrogen) atoms. The molecule has 0 radical (unpaired) electrons. The van der Waals surface area contributed by atoms with Gasteiger partial charge in [-0.25, -0.2) is 9.59 Å². The molecule has 0 saturated heterocycles. The molecule has 6 atom stereocenters. The van der Waals surface area contributed by atoms with Crippen molar-refractivity contribution in [1.82, 2.24) is 10.6 Å². The number of rotatable bonds is 17. The van der Waals surface area contributed by atoms with E-state index in [4.69, 9.17) is 28.4 Å². The number of fused-ring (bicyclic) bond motifs is 4. The van der Waals surface area contributed by atoms with Crippen LogP contribution in [-0.2, 0) is 19.1 Å². The summed E-state index contributed by atoms with van der Waals surface area (Å²) in [6.07, 6.45) is 1.42. The van der Waals surface area contributed by atoms with E-state index in [1.165, 1.54) is 46.9 Å². The summed E-state index contributed by atoms with van der Waals surface area (Å²) >= 11 is 0. The molecular formula is C62H60N2O8. The van der Waals surface area contributed by atoms with E-state index in [0.717, 1.165) is 57.7 Å². The molecule has 0 saturated carbocycles. The summed E-state index contributed by atoms with van der Waals surface area (Å²) in [5, 5.41) is 12.5. The highest BCUT2D eigenvalue weighted by Gasteiger charge is 2.32. The predicted molar refractivity (Wildman–Crippen MR) is 282 cm³/mol. The summed E-state index contributed by atoms with van der Waals surface area (Å²) < 4.78 is 34.5. The first-order valence-electron chi connectivity index (χ1n) is 24.8. The van der Waals surface area contributed by atoms with E-state index < -0.39 is 11.9 Å². The van der Waals surface area contributed by atoms with Gasteiger partial charge in [-0.2, -0.15) is 0 Å². The van der Waals surface area contributed by atoms with Gasteiger partial charge in [-0.05, 0) is 118 Å². The van der Waals surface area contributed by atoms with Crippen LogP contribution in [-0.4, -0.2) is 64.7 Å². The second-order valence-corrected chi connectivity index (χ2v) is 18.8. The lowest BCUT2D eigenvalue weighted by Crippen LogP contribution is -2.37. The fraction of sp³-hybridized carbons (Fsp3) is 0.258. The highest BCUT2D eigenvalue weighted by molar-refractivity contribution is 5.99. The first-order chi connectivity index (χ1) is 35.2. The molecule has 0 aromatic heterocycles. The number of carbonyl (C=O) groups is 2. The van der Waals surface area contributed by atoms with Gasteiger partial charge >= 0.3 is 11.9 Å². The van der Waals surface area contributed by atoms with E-state index in [0.29, 0.717) is 24.6 Å². The fourth-order valence-corrected chi connectivity index (χ4v) is 10.5. The molecule has 0 fully saturated rings. The molecule has 0 unspecified atom stereocenters. The number of hydrogen-bond acceptors (Lipinski definition) is 10. The van der Waals surface area contributed by atoms with E-state index in [1.54, 1.807) is 0 Å². The topological polar surface area (TPSA) is 114 Å². The van der Waals surface area contributed by atoms with E-state index >= 15 is 0 Å². The van der Waals surface area contributed by atoms with Gasteiger partial charge in [0.25, 0.3) is 0 Å². The first-order valence-corrected chi connectivity index (χ1v) is 24.8. The molecule has 8 aromatic rings. The molecule has 8 aromatic carbocycles. The van der Waals surface area contributed by atoms with Crippen LogP contribution < -0.4 is 29.6 Å². The zero-order valence-corrected chi connectivity index (χ0v) is 41.1. The third kappa shape index (κ3) is 10.5. The lowest BCUT2D eigenvalue weighted by Gasteiger charge is -2.34. The first kappa shape index (κ1) is 48.0. The third-order valence-corrected chi connectivity index (χ3v) is 14.3. The molecule has 0 bridgehead atoms. The largest absolute Gasteiger partial charge is 0.489 e. The average molecular weight is 961 g/mol. The Labute approximate surface area is 421 Å². The monoisotopic (exact) mass is 960 g/mol. The summed E-state index contributed by atoms with van der Waals surface area (Å²) in [7, 11) is 2.71. The van der Waals surface area contributed by atoms with Crippen LogP contribution in [0.5, 0.6) is 23.0 Å². The number of hydrogen-bond donors (Lipinski definition) is 2. The van der Waals surface area contributed by atoms with Crippen LogP contribution in [0.1, 0.15) is 84.0 Å². The average Bonchev–Trinajstić information content (AvgIpc) is 3.43. The number of benzene rings is 8. The second-order valence-electron chi connectivity index (χ2n) is 18.8. The minimum absolute atomic E-state index is 0.0313. The van der Waals surface area contributed by atoms with Gasteiger partial charge in [-0.1, -0.05) is 133 Å². The molecule has 2 heterocycles. The molecule has 0 amide bonds. The number of para-hydroxylation sites is 1. The molecule has 10 heteroatoms. The van der Waals surface area contributed by atoms with Gasteiger partial charge < -0.3 is 39.1 Å². The molecule has 2 aliphatic rings. The van der Waals surface area contributed by atoms with Crippen molar-refractivity contribution in [2.45, 2.75) is 62.8 Å². The molecule has 2 aliphatic heterocycles. The van der Waals surface area contributed by atoms with Crippen LogP contribution in [0.2, 0.25) is 0 Å². The van der Waals surface area contributed by atoms with Crippen LogP contribution in [0.4, 0.5) is 0 Å². The normalized spacial score (nSPS) is 17.9. The standard InChI is InChI=1S/C62H60N2O8/c1-39(49-16-9-13-41-12-5-6-14-51(41)49)63-36-48-34-58(43-24-29-46(30-25-43)70-38-62(66)68-4)56-31-26-44(32-60(56)72-48)52-18-11-19-53-50(17-10-20-54(52)53)40(2)64-35-47-33-57(55-15-7-8-21-59(55)71-47)42-22-27-45(28-23-42)69-37-61(65)67-3/h5-32,39-40,47-48,57-58,63-64H,33-38H2,1-4H3/t39-,40-,47+,48+,57-,58+/m1/s1. The molecular weight excluding hydrogens is 901 g/mol. The van der Waals surface area contributed by atoms with E-state index in [9.17, 15) is 9.59 Å². The maximum Gasteiger partial charge on any atom is 0.343 e. The van der Waals surface area contributed by atoms with Gasteiger partial charge in [0.15, 0.2) is 13.2 Å². The predicted octanol–water partition coefficient (Wildman–Crippen LogP) is 12.0. The molecule has 2 N–H and O–H groups in total. The lowest BCUT2D eigenvalue weighted by atomic mass is 9.83. The summed E-state index contributed by atoms with van der Waals surface area (Å²) in [5.41, 5.74) is 9.30. The minimum Gasteiger partial charge on any atom is -0.489 e. The molecule has 10 rings (SSSR count). The number of nitrogens with one attached hydrogen (secondary N) is 2. The van der Waals surface area contributed by atoms with Crippen LogP contribution in [0.25, 0.3) is 32.7 Å². The van der Waals surface area contributed by atoms with Crippen LogP contribution >= 0.6 is 0 Å². The van der Waals surface area contributed by atoms with E-state index in [1.807, 2.05) is 30.3 Å². The summed E-state index contributed by atoms with van der Waals surface area (Å²) in [6.45, 7) is 5.49. The van der Waals surface area contributed by atoms with Gasteiger partial charge in [-0.15, -0.1) is 0 Å². The lowest BCUT2D eigenvalue weighted by molar-refractivity contribution is -0.143. The van der Waals surface area contributed by atoms with Crippen molar-refractivity contribution < 1.29 is 38.0 Å². The van der Waals surface area contributed by atoms with Gasteiger partial charge in [0.05, 0.1) is 14.2 Å². The molecule has 10 nitrogen and oxygen atoms in total. The number of esters is 2. The fourth-order valence-electron chi connectivity index (χ4n) is 10.5. The minimum atomic E-state index is -0.423. The van der Waals surface area contributed by atoms with Gasteiger partial charge in [-0.3, -0.25) is 0 Å². The van der Waals surface area contributed by atoms with Gasteiger partial charge in [0.2, 0.25) is 0 Å². The second kappa shape index (κ2) is 21.8. The number of carbonyl (C=O) groups excluding carboxylic acids is 2. The van der Waals surface area contributed by atoms with Crippen molar-refractivity contribution in [3.8, 4) is 34.1 Å². The summed E-state index contributed by atoms with van der Waals surface area (Å²) in [5.74, 6) is 2.36. The maximum absolute atomic E-state index is 11.8. The van der Waals surface area contributed by atoms with Crippen molar-refractivity contribution in [3.05, 3.63) is 203 Å². The third-order valence-electron chi connectivity index (χ3n) is 14.3. The van der Waals surface area contributed by atoms with Crippen LogP contribution in [0, 0.1) is 0 Å². The smallest absolute Gasteiger partial charge is 0.343 e.